The predicted molar refractivity (Wildman–Crippen MR) is 127 cm³/mol. The van der Waals surface area contributed by atoms with E-state index in [1.807, 2.05) is 6.07 Å². The van der Waals surface area contributed by atoms with Gasteiger partial charge in [0.25, 0.3) is 0 Å². The molecule has 1 aliphatic heterocycles. The van der Waals surface area contributed by atoms with Crippen molar-refractivity contribution >= 4 is 23.9 Å². The van der Waals surface area contributed by atoms with Gasteiger partial charge in [0, 0.05) is 5.56 Å². The number of rotatable bonds is 9. The van der Waals surface area contributed by atoms with Gasteiger partial charge in [-0.05, 0) is 56.2 Å². The zero-order valence-corrected chi connectivity index (χ0v) is 20.9. The van der Waals surface area contributed by atoms with Gasteiger partial charge in [-0.2, -0.15) is 0 Å². The number of esters is 3. The zero-order chi connectivity index (χ0) is 27.2. The summed E-state index contributed by atoms with van der Waals surface area (Å²) in [7, 11) is 0. The van der Waals surface area contributed by atoms with E-state index >= 15 is 0 Å². The molecule has 0 saturated heterocycles. The Kier molecular flexibility index (Phi) is 6.58. The van der Waals surface area contributed by atoms with Crippen molar-refractivity contribution in [3.8, 4) is 11.5 Å². The molecule has 0 unspecified atom stereocenters. The smallest absolute Gasteiger partial charge is 0.353 e. The standard InChI is InChI=1S/C27H30O11/c1-2-35-21(32)13-18(36-20(31)8-7-19(29)30)25(33)37-17-9-11-27(34)15-4-3-10-26(27)22-14(12-15)5-6-16(28)23(22)38-24(17)26/h5-6,9,15,18,24,28,34H,2-4,7-8,10-13H2,1H3,(H,29,30)/t15-,18+,24+,26+,27-/m1/s1. The minimum absolute atomic E-state index is 0.0365. The van der Waals surface area contributed by atoms with Gasteiger partial charge in [0.1, 0.15) is 5.76 Å². The highest BCUT2D eigenvalue weighted by atomic mass is 16.6. The van der Waals surface area contributed by atoms with E-state index in [1.165, 1.54) is 0 Å². The molecule has 1 aromatic rings. The van der Waals surface area contributed by atoms with E-state index in [9.17, 15) is 29.4 Å². The van der Waals surface area contributed by atoms with E-state index in [-0.39, 0.29) is 36.2 Å². The third-order valence-electron chi connectivity index (χ3n) is 8.22. The number of carboxylic acid groups (broad SMARTS) is 1. The van der Waals surface area contributed by atoms with Gasteiger partial charge in [0.05, 0.1) is 36.9 Å². The van der Waals surface area contributed by atoms with Crippen LogP contribution in [0.1, 0.15) is 63.0 Å². The molecule has 2 bridgehead atoms. The van der Waals surface area contributed by atoms with Crippen molar-refractivity contribution in [1.82, 2.24) is 0 Å². The lowest BCUT2D eigenvalue weighted by atomic mass is 9.47. The molecule has 38 heavy (non-hydrogen) atoms. The number of hydrogen-bond donors (Lipinski definition) is 3. The Morgan fingerprint density at radius 1 is 1.18 bits per heavy atom. The molecule has 4 aliphatic rings. The van der Waals surface area contributed by atoms with Crippen molar-refractivity contribution in [2.45, 2.75) is 81.5 Å². The fourth-order valence-electron chi connectivity index (χ4n) is 6.68. The first-order chi connectivity index (χ1) is 18.1. The third-order valence-corrected chi connectivity index (χ3v) is 8.22. The summed E-state index contributed by atoms with van der Waals surface area (Å²) in [5.74, 6) is -3.80. The van der Waals surface area contributed by atoms with E-state index in [0.29, 0.717) is 12.8 Å². The van der Waals surface area contributed by atoms with E-state index in [1.54, 1.807) is 19.1 Å². The van der Waals surface area contributed by atoms with Gasteiger partial charge in [-0.3, -0.25) is 14.4 Å². The Morgan fingerprint density at radius 3 is 2.71 bits per heavy atom. The number of carboxylic acids is 1. The largest absolute Gasteiger partial charge is 0.504 e. The molecule has 3 aliphatic carbocycles. The predicted octanol–water partition coefficient (Wildman–Crippen LogP) is 2.04. The van der Waals surface area contributed by atoms with Crippen molar-refractivity contribution < 1.29 is 53.4 Å². The maximum absolute atomic E-state index is 13.2. The van der Waals surface area contributed by atoms with Crippen LogP contribution < -0.4 is 4.74 Å². The molecule has 1 spiro atoms. The molecule has 11 heteroatoms. The second-order valence-electron chi connectivity index (χ2n) is 10.2. The number of ether oxygens (including phenoxy) is 4. The average molecular weight is 531 g/mol. The lowest BCUT2D eigenvalue weighted by molar-refractivity contribution is -0.175. The number of phenolic OH excluding ortho intramolecular Hbond substituents is 1. The molecule has 204 valence electrons. The van der Waals surface area contributed by atoms with Gasteiger partial charge in [-0.25, -0.2) is 4.79 Å². The number of phenols is 1. The SMILES string of the molecule is CCOC(=O)C[C@H](OC(=O)CCC(=O)O)C(=O)OC1=CC[C@@]2(O)[C@@H]3CCC[C@@]24c2c(ccc(O)c2O[C@@H]14)C3. The fourth-order valence-corrected chi connectivity index (χ4v) is 6.68. The Bertz CT molecular complexity index is 1220. The van der Waals surface area contributed by atoms with Crippen LogP contribution in [0.4, 0.5) is 0 Å². The van der Waals surface area contributed by atoms with Crippen molar-refractivity contribution in [3.63, 3.8) is 0 Å². The lowest BCUT2D eigenvalue weighted by Crippen LogP contribution is -2.67. The summed E-state index contributed by atoms with van der Waals surface area (Å²) in [6.07, 6.45) is 0.413. The maximum atomic E-state index is 13.2. The number of carbonyl (C=O) groups excluding carboxylic acids is 3. The Labute approximate surface area is 218 Å². The van der Waals surface area contributed by atoms with Crippen LogP contribution in [0.5, 0.6) is 11.5 Å². The molecule has 5 rings (SSSR count). The first-order valence-electron chi connectivity index (χ1n) is 12.8. The van der Waals surface area contributed by atoms with Crippen molar-refractivity contribution in [3.05, 3.63) is 35.1 Å². The van der Waals surface area contributed by atoms with Crippen LogP contribution in [-0.2, 0) is 45.2 Å². The van der Waals surface area contributed by atoms with E-state index in [2.05, 4.69) is 0 Å². The van der Waals surface area contributed by atoms with Crippen LogP contribution in [0.3, 0.4) is 0 Å². The van der Waals surface area contributed by atoms with Crippen molar-refractivity contribution in [2.24, 2.45) is 5.92 Å². The number of hydrogen-bond acceptors (Lipinski definition) is 10. The van der Waals surface area contributed by atoms with Crippen LogP contribution in [0.15, 0.2) is 24.0 Å². The second-order valence-corrected chi connectivity index (χ2v) is 10.2. The maximum Gasteiger partial charge on any atom is 0.353 e. The number of benzene rings is 1. The summed E-state index contributed by atoms with van der Waals surface area (Å²) in [6, 6.07) is 3.40. The molecule has 0 amide bonds. The van der Waals surface area contributed by atoms with Gasteiger partial charge < -0.3 is 34.3 Å². The molecular weight excluding hydrogens is 500 g/mol. The summed E-state index contributed by atoms with van der Waals surface area (Å²) in [5, 5.41) is 31.5. The molecule has 1 saturated carbocycles. The van der Waals surface area contributed by atoms with Gasteiger partial charge in [0.15, 0.2) is 17.6 Å². The van der Waals surface area contributed by atoms with Gasteiger partial charge >= 0.3 is 23.9 Å². The molecule has 0 aromatic heterocycles. The van der Waals surface area contributed by atoms with E-state index in [4.69, 9.17) is 24.1 Å². The van der Waals surface area contributed by atoms with Crippen LogP contribution in [0, 0.1) is 5.92 Å². The molecule has 3 N–H and O–H groups in total. The molecule has 1 heterocycles. The average Bonchev–Trinajstić information content (AvgIpc) is 3.21. The van der Waals surface area contributed by atoms with Crippen LogP contribution in [0.2, 0.25) is 0 Å². The summed E-state index contributed by atoms with van der Waals surface area (Å²) in [5.41, 5.74) is -0.372. The highest BCUT2D eigenvalue weighted by Gasteiger charge is 2.71. The molecule has 5 atom stereocenters. The van der Waals surface area contributed by atoms with Gasteiger partial charge in [0.2, 0.25) is 6.10 Å². The first kappa shape index (κ1) is 26.0. The van der Waals surface area contributed by atoms with Crippen LogP contribution >= 0.6 is 0 Å². The topological polar surface area (TPSA) is 166 Å². The van der Waals surface area contributed by atoms with Crippen LogP contribution in [0.25, 0.3) is 0 Å². The second kappa shape index (κ2) is 9.61. The van der Waals surface area contributed by atoms with E-state index < -0.39 is 66.4 Å². The highest BCUT2D eigenvalue weighted by molar-refractivity contribution is 5.86. The number of aliphatic hydroxyl groups is 1. The molecular formula is C27H30O11. The third kappa shape index (κ3) is 4.00. The normalized spacial score (nSPS) is 28.7. The summed E-state index contributed by atoms with van der Waals surface area (Å²) < 4.78 is 21.9. The Morgan fingerprint density at radius 2 is 1.97 bits per heavy atom. The summed E-state index contributed by atoms with van der Waals surface area (Å²) >= 11 is 0. The van der Waals surface area contributed by atoms with Crippen molar-refractivity contribution in [1.29, 1.82) is 0 Å². The van der Waals surface area contributed by atoms with Crippen LogP contribution in [-0.4, -0.2) is 63.6 Å². The first-order valence-corrected chi connectivity index (χ1v) is 12.8. The number of aliphatic carboxylic acids is 1. The minimum Gasteiger partial charge on any atom is -0.504 e. The Hall–Kier alpha value is -3.60. The van der Waals surface area contributed by atoms with Gasteiger partial charge in [-0.1, -0.05) is 12.5 Å². The molecule has 0 radical (unpaired) electrons. The summed E-state index contributed by atoms with van der Waals surface area (Å²) in [6.45, 7) is 1.62. The minimum atomic E-state index is -1.67. The quantitative estimate of drug-likeness (QED) is 0.316. The number of aromatic hydroxyl groups is 1. The molecule has 11 nitrogen and oxygen atoms in total. The fraction of sp³-hybridized carbons (Fsp3) is 0.556. The number of carbonyl (C=O) groups is 4. The highest BCUT2D eigenvalue weighted by Crippen LogP contribution is 2.67. The zero-order valence-electron chi connectivity index (χ0n) is 20.9. The van der Waals surface area contributed by atoms with E-state index in [0.717, 1.165) is 24.0 Å². The molecule has 1 aromatic carbocycles. The van der Waals surface area contributed by atoms with Crippen molar-refractivity contribution in [2.75, 3.05) is 6.61 Å². The lowest BCUT2D eigenvalue weighted by Gasteiger charge is -2.59. The Balaban J connectivity index is 1.43. The summed E-state index contributed by atoms with van der Waals surface area (Å²) in [4.78, 5) is 48.4. The molecule has 1 fully saturated rings. The monoisotopic (exact) mass is 530 g/mol. The van der Waals surface area contributed by atoms with Gasteiger partial charge in [-0.15, -0.1) is 0 Å².